The Balaban J connectivity index is 1.81. The fourth-order valence-corrected chi connectivity index (χ4v) is 3.16. The standard InChI is InChI=1S/C18H23NO2/c1-13-15(16-19-17(2,3)12-21-16)18(13,20-4)11-10-14-8-6-5-7-9-14/h5-11,13,15H,12H2,1-4H3/b11-10+/t13-,15+,18-/m1/s1. The van der Waals surface area contributed by atoms with E-state index in [2.05, 4.69) is 45.1 Å². The topological polar surface area (TPSA) is 30.8 Å². The van der Waals surface area contributed by atoms with Crippen LogP contribution >= 0.6 is 0 Å². The summed E-state index contributed by atoms with van der Waals surface area (Å²) in [5.41, 5.74) is 0.788. The average molecular weight is 285 g/mol. The van der Waals surface area contributed by atoms with Crippen LogP contribution in [0, 0.1) is 11.8 Å². The summed E-state index contributed by atoms with van der Waals surface area (Å²) in [6.07, 6.45) is 4.29. The minimum atomic E-state index is -0.283. The second-order valence-corrected chi connectivity index (χ2v) is 6.62. The van der Waals surface area contributed by atoms with Gasteiger partial charge in [-0.3, -0.25) is 0 Å². The first-order valence-corrected chi connectivity index (χ1v) is 7.50. The average Bonchev–Trinajstić information content (AvgIpc) is 2.89. The number of benzene rings is 1. The zero-order chi connectivity index (χ0) is 15.1. The molecule has 0 amide bonds. The predicted molar refractivity (Wildman–Crippen MR) is 85.3 cm³/mol. The summed E-state index contributed by atoms with van der Waals surface area (Å²) in [7, 11) is 1.77. The van der Waals surface area contributed by atoms with Gasteiger partial charge in [0.1, 0.15) is 12.2 Å². The molecule has 0 aromatic heterocycles. The van der Waals surface area contributed by atoms with Crippen molar-refractivity contribution in [1.82, 2.24) is 0 Å². The second-order valence-electron chi connectivity index (χ2n) is 6.62. The lowest BCUT2D eigenvalue weighted by atomic mass is 10.1. The van der Waals surface area contributed by atoms with Crippen LogP contribution in [0.3, 0.4) is 0 Å². The zero-order valence-electron chi connectivity index (χ0n) is 13.2. The fourth-order valence-electron chi connectivity index (χ4n) is 3.16. The van der Waals surface area contributed by atoms with Gasteiger partial charge in [-0.05, 0) is 19.4 Å². The van der Waals surface area contributed by atoms with Crippen molar-refractivity contribution in [1.29, 1.82) is 0 Å². The Bertz CT molecular complexity index is 576. The van der Waals surface area contributed by atoms with Gasteiger partial charge in [-0.25, -0.2) is 4.99 Å². The first kappa shape index (κ1) is 14.3. The summed E-state index contributed by atoms with van der Waals surface area (Å²) >= 11 is 0. The largest absolute Gasteiger partial charge is 0.478 e. The van der Waals surface area contributed by atoms with Crippen molar-refractivity contribution in [2.45, 2.75) is 31.9 Å². The van der Waals surface area contributed by atoms with Crippen LogP contribution in [0.1, 0.15) is 26.3 Å². The number of methoxy groups -OCH3 is 1. The van der Waals surface area contributed by atoms with Crippen LogP contribution in [0.25, 0.3) is 6.08 Å². The third-order valence-corrected chi connectivity index (χ3v) is 4.53. The first-order valence-electron chi connectivity index (χ1n) is 7.50. The summed E-state index contributed by atoms with van der Waals surface area (Å²) in [6.45, 7) is 7.05. The fraction of sp³-hybridized carbons (Fsp3) is 0.500. The molecule has 0 unspecified atom stereocenters. The summed E-state index contributed by atoms with van der Waals surface area (Å²) in [5.74, 6) is 1.46. The Labute approximate surface area is 126 Å². The third-order valence-electron chi connectivity index (χ3n) is 4.53. The molecule has 3 heteroatoms. The van der Waals surface area contributed by atoms with E-state index in [1.165, 1.54) is 5.56 Å². The van der Waals surface area contributed by atoms with E-state index in [0.29, 0.717) is 12.5 Å². The monoisotopic (exact) mass is 285 g/mol. The molecule has 1 fully saturated rings. The van der Waals surface area contributed by atoms with Crippen LogP contribution in [0.4, 0.5) is 0 Å². The minimum absolute atomic E-state index is 0.111. The molecule has 0 N–H and O–H groups in total. The van der Waals surface area contributed by atoms with E-state index in [-0.39, 0.29) is 17.1 Å². The Morgan fingerprint density at radius 1 is 1.29 bits per heavy atom. The van der Waals surface area contributed by atoms with Crippen molar-refractivity contribution in [3.05, 3.63) is 42.0 Å². The van der Waals surface area contributed by atoms with Gasteiger partial charge >= 0.3 is 0 Å². The normalized spacial score (nSPS) is 33.8. The molecular weight excluding hydrogens is 262 g/mol. The van der Waals surface area contributed by atoms with Gasteiger partial charge in [0, 0.05) is 13.0 Å². The third kappa shape index (κ3) is 2.51. The van der Waals surface area contributed by atoms with Gasteiger partial charge < -0.3 is 9.47 Å². The number of nitrogens with zero attached hydrogens (tertiary/aromatic N) is 1. The molecule has 0 saturated heterocycles. The van der Waals surface area contributed by atoms with E-state index in [0.717, 1.165) is 5.90 Å². The molecule has 0 radical (unpaired) electrons. The Morgan fingerprint density at radius 3 is 2.57 bits per heavy atom. The van der Waals surface area contributed by atoms with E-state index >= 15 is 0 Å². The quantitative estimate of drug-likeness (QED) is 0.847. The molecule has 21 heavy (non-hydrogen) atoms. The number of ether oxygens (including phenoxy) is 2. The first-order chi connectivity index (χ1) is 9.98. The van der Waals surface area contributed by atoms with Crippen molar-refractivity contribution >= 4 is 12.0 Å². The highest BCUT2D eigenvalue weighted by Gasteiger charge is 2.65. The minimum Gasteiger partial charge on any atom is -0.478 e. The van der Waals surface area contributed by atoms with E-state index < -0.39 is 0 Å². The molecule has 1 aromatic rings. The molecule has 1 heterocycles. The van der Waals surface area contributed by atoms with Crippen molar-refractivity contribution in [2.75, 3.05) is 13.7 Å². The number of hydrogen-bond acceptors (Lipinski definition) is 3. The molecule has 0 bridgehead atoms. The van der Waals surface area contributed by atoms with Gasteiger partial charge in [-0.2, -0.15) is 0 Å². The molecule has 112 valence electrons. The van der Waals surface area contributed by atoms with Crippen LogP contribution in [0.2, 0.25) is 0 Å². The van der Waals surface area contributed by atoms with Gasteiger partial charge in [0.05, 0.1) is 11.5 Å². The van der Waals surface area contributed by atoms with E-state index in [1.54, 1.807) is 7.11 Å². The lowest BCUT2D eigenvalue weighted by molar-refractivity contribution is 0.102. The number of hydrogen-bond donors (Lipinski definition) is 0. The maximum Gasteiger partial charge on any atom is 0.190 e. The van der Waals surface area contributed by atoms with Crippen LogP contribution in [-0.2, 0) is 9.47 Å². The summed E-state index contributed by atoms with van der Waals surface area (Å²) < 4.78 is 11.6. The highest BCUT2D eigenvalue weighted by Crippen LogP contribution is 2.56. The Hall–Kier alpha value is -1.61. The molecule has 3 rings (SSSR count). The molecule has 2 aliphatic rings. The van der Waals surface area contributed by atoms with Gasteiger partial charge in [-0.15, -0.1) is 0 Å². The maximum absolute atomic E-state index is 5.83. The highest BCUT2D eigenvalue weighted by atomic mass is 16.5. The molecule has 1 aromatic carbocycles. The van der Waals surface area contributed by atoms with Crippen molar-refractivity contribution in [3.63, 3.8) is 0 Å². The van der Waals surface area contributed by atoms with Crippen LogP contribution < -0.4 is 0 Å². The van der Waals surface area contributed by atoms with Gasteiger partial charge in [0.2, 0.25) is 0 Å². The molecule has 1 aliphatic heterocycles. The van der Waals surface area contributed by atoms with E-state index in [4.69, 9.17) is 14.5 Å². The van der Waals surface area contributed by atoms with Crippen LogP contribution in [0.5, 0.6) is 0 Å². The van der Waals surface area contributed by atoms with E-state index in [1.807, 2.05) is 18.2 Å². The van der Waals surface area contributed by atoms with E-state index in [9.17, 15) is 0 Å². The van der Waals surface area contributed by atoms with Gasteiger partial charge in [-0.1, -0.05) is 49.4 Å². The molecule has 1 saturated carbocycles. The SMILES string of the molecule is CO[C@]1(/C=C/c2ccccc2)[C@H](C)[C@H]1C1=NC(C)(C)CO1. The lowest BCUT2D eigenvalue weighted by Gasteiger charge is -2.11. The zero-order valence-corrected chi connectivity index (χ0v) is 13.2. The summed E-state index contributed by atoms with van der Waals surface area (Å²) in [6, 6.07) is 10.3. The van der Waals surface area contributed by atoms with Crippen molar-refractivity contribution < 1.29 is 9.47 Å². The van der Waals surface area contributed by atoms with Crippen molar-refractivity contribution in [2.24, 2.45) is 16.8 Å². The predicted octanol–water partition coefficient (Wildman–Crippen LogP) is 3.56. The summed E-state index contributed by atoms with van der Waals surface area (Å²) in [4.78, 5) is 4.71. The van der Waals surface area contributed by atoms with Gasteiger partial charge in [0.15, 0.2) is 5.90 Å². The summed E-state index contributed by atoms with van der Waals surface area (Å²) in [5, 5.41) is 0. The van der Waals surface area contributed by atoms with Gasteiger partial charge in [0.25, 0.3) is 0 Å². The number of rotatable bonds is 4. The number of aliphatic imine (C=N–C) groups is 1. The molecule has 1 aliphatic carbocycles. The molecule has 3 atom stereocenters. The highest BCUT2D eigenvalue weighted by molar-refractivity contribution is 5.87. The van der Waals surface area contributed by atoms with Crippen LogP contribution in [0.15, 0.2) is 41.4 Å². The smallest absolute Gasteiger partial charge is 0.190 e. The molecular formula is C18H23NO2. The van der Waals surface area contributed by atoms with Crippen LogP contribution in [-0.4, -0.2) is 30.8 Å². The van der Waals surface area contributed by atoms with Crippen molar-refractivity contribution in [3.8, 4) is 0 Å². The lowest BCUT2D eigenvalue weighted by Crippen LogP contribution is -2.17. The Morgan fingerprint density at radius 2 is 2.00 bits per heavy atom. The molecule has 0 spiro atoms. The molecule has 3 nitrogen and oxygen atoms in total. The second kappa shape index (κ2) is 4.99. The maximum atomic E-state index is 5.83. The Kier molecular flexibility index (Phi) is 3.40.